The van der Waals surface area contributed by atoms with Gasteiger partial charge in [-0.1, -0.05) is 0 Å². The average molecular weight is 334 g/mol. The van der Waals surface area contributed by atoms with E-state index >= 15 is 0 Å². The monoisotopic (exact) mass is 334 g/mol. The van der Waals surface area contributed by atoms with E-state index in [9.17, 15) is 4.79 Å². The Kier molecular flexibility index (Phi) is 4.37. The lowest BCUT2D eigenvalue weighted by Crippen LogP contribution is -2.42. The van der Waals surface area contributed by atoms with Crippen LogP contribution >= 0.6 is 0 Å². The standard InChI is InChI=1S/C18H26N2O4/c1-12-8-15(23-13(12)2)10-19-6-4-14-9-16(24-17(14)11-19)18(21)20-5-3-7-22-20/h8,14,16-17H,3-7,9-11H2,1-2H3/t14-,16-,17+/m1/s1. The minimum absolute atomic E-state index is 0.00531. The Bertz CT molecular complexity index is 589. The molecule has 0 saturated carbocycles. The smallest absolute Gasteiger partial charge is 0.275 e. The van der Waals surface area contributed by atoms with Crippen molar-refractivity contribution < 1.29 is 18.8 Å². The Morgan fingerprint density at radius 3 is 2.92 bits per heavy atom. The van der Waals surface area contributed by atoms with Crippen LogP contribution in [-0.4, -0.2) is 54.3 Å². The molecule has 3 aliphatic rings. The van der Waals surface area contributed by atoms with E-state index in [4.69, 9.17) is 14.0 Å². The molecule has 0 radical (unpaired) electrons. The summed E-state index contributed by atoms with van der Waals surface area (Å²) < 4.78 is 11.9. The topological polar surface area (TPSA) is 55.2 Å². The van der Waals surface area contributed by atoms with Gasteiger partial charge in [-0.15, -0.1) is 0 Å². The van der Waals surface area contributed by atoms with E-state index in [1.807, 2.05) is 6.92 Å². The fourth-order valence-corrected chi connectivity index (χ4v) is 4.03. The molecule has 0 unspecified atom stereocenters. The normalized spacial score (nSPS) is 30.8. The van der Waals surface area contributed by atoms with Crippen molar-refractivity contribution in [2.45, 2.75) is 51.9 Å². The van der Waals surface area contributed by atoms with Crippen molar-refractivity contribution >= 4 is 5.91 Å². The van der Waals surface area contributed by atoms with Crippen LogP contribution in [0.5, 0.6) is 0 Å². The SMILES string of the molecule is Cc1cc(CN2CC[C@@H]3C[C@H](C(=O)N4CCCO4)O[C@H]3C2)oc1C. The molecule has 6 heteroatoms. The summed E-state index contributed by atoms with van der Waals surface area (Å²) in [5.41, 5.74) is 1.20. The number of carbonyl (C=O) groups is 1. The Hall–Kier alpha value is -1.37. The van der Waals surface area contributed by atoms with E-state index in [1.165, 1.54) is 10.6 Å². The van der Waals surface area contributed by atoms with Gasteiger partial charge in [0.1, 0.15) is 17.6 Å². The molecule has 6 nitrogen and oxygen atoms in total. The van der Waals surface area contributed by atoms with Crippen LogP contribution < -0.4 is 0 Å². The summed E-state index contributed by atoms with van der Waals surface area (Å²) in [5, 5.41) is 1.49. The summed E-state index contributed by atoms with van der Waals surface area (Å²) in [6.07, 6.45) is 2.64. The Balaban J connectivity index is 1.34. The lowest BCUT2D eigenvalue weighted by atomic mass is 9.91. The molecule has 132 valence electrons. The van der Waals surface area contributed by atoms with Crippen molar-refractivity contribution in [2.75, 3.05) is 26.2 Å². The van der Waals surface area contributed by atoms with Crippen molar-refractivity contribution in [3.8, 4) is 0 Å². The third-order valence-electron chi connectivity index (χ3n) is 5.51. The Labute approximate surface area is 142 Å². The third kappa shape index (κ3) is 3.10. The van der Waals surface area contributed by atoms with Crippen molar-refractivity contribution in [2.24, 2.45) is 5.92 Å². The lowest BCUT2D eigenvalue weighted by Gasteiger charge is -2.33. The molecule has 4 heterocycles. The van der Waals surface area contributed by atoms with Gasteiger partial charge in [0.15, 0.2) is 0 Å². The predicted molar refractivity (Wildman–Crippen MR) is 87.1 cm³/mol. The fraction of sp³-hybridized carbons (Fsp3) is 0.722. The third-order valence-corrected chi connectivity index (χ3v) is 5.51. The van der Waals surface area contributed by atoms with Gasteiger partial charge in [0.05, 0.1) is 25.8 Å². The number of rotatable bonds is 3. The highest BCUT2D eigenvalue weighted by Crippen LogP contribution is 2.35. The van der Waals surface area contributed by atoms with Crippen LogP contribution in [0.2, 0.25) is 0 Å². The first-order valence-electron chi connectivity index (χ1n) is 8.98. The van der Waals surface area contributed by atoms with Crippen LogP contribution in [0, 0.1) is 19.8 Å². The van der Waals surface area contributed by atoms with Crippen molar-refractivity contribution in [1.29, 1.82) is 0 Å². The average Bonchev–Trinajstić information content (AvgIpc) is 3.28. The van der Waals surface area contributed by atoms with Gasteiger partial charge in [0.25, 0.3) is 5.91 Å². The van der Waals surface area contributed by atoms with Gasteiger partial charge in [-0.25, -0.2) is 5.06 Å². The van der Waals surface area contributed by atoms with Crippen LogP contribution in [0.25, 0.3) is 0 Å². The second-order valence-electron chi connectivity index (χ2n) is 7.26. The minimum atomic E-state index is -0.328. The van der Waals surface area contributed by atoms with Crippen LogP contribution in [0.4, 0.5) is 0 Å². The first-order valence-corrected chi connectivity index (χ1v) is 8.98. The van der Waals surface area contributed by atoms with Gasteiger partial charge in [0.2, 0.25) is 0 Å². The molecule has 3 saturated heterocycles. The van der Waals surface area contributed by atoms with Crippen molar-refractivity contribution in [3.05, 3.63) is 23.2 Å². The van der Waals surface area contributed by atoms with Gasteiger partial charge >= 0.3 is 0 Å². The van der Waals surface area contributed by atoms with E-state index in [2.05, 4.69) is 17.9 Å². The summed E-state index contributed by atoms with van der Waals surface area (Å²) in [4.78, 5) is 20.2. The highest BCUT2D eigenvalue weighted by atomic mass is 16.7. The van der Waals surface area contributed by atoms with Crippen LogP contribution in [0.3, 0.4) is 0 Å². The molecule has 0 spiro atoms. The zero-order chi connectivity index (χ0) is 16.7. The number of ether oxygens (including phenoxy) is 1. The molecular weight excluding hydrogens is 308 g/mol. The molecule has 1 amide bonds. The maximum Gasteiger partial charge on any atom is 0.275 e. The van der Waals surface area contributed by atoms with E-state index in [0.29, 0.717) is 19.1 Å². The van der Waals surface area contributed by atoms with E-state index in [0.717, 1.165) is 50.4 Å². The summed E-state index contributed by atoms with van der Waals surface area (Å²) in [7, 11) is 0. The molecule has 3 atom stereocenters. The first kappa shape index (κ1) is 16.1. The first-order chi connectivity index (χ1) is 11.6. The molecule has 24 heavy (non-hydrogen) atoms. The summed E-state index contributed by atoms with van der Waals surface area (Å²) in [6.45, 7) is 8.12. The number of nitrogens with zero attached hydrogens (tertiary/aromatic N) is 2. The Morgan fingerprint density at radius 1 is 1.33 bits per heavy atom. The zero-order valence-corrected chi connectivity index (χ0v) is 14.5. The second kappa shape index (κ2) is 6.50. The second-order valence-corrected chi connectivity index (χ2v) is 7.26. The predicted octanol–water partition coefficient (Wildman–Crippen LogP) is 2.04. The molecular formula is C18H26N2O4. The summed E-state index contributed by atoms with van der Waals surface area (Å²) >= 11 is 0. The highest BCUT2D eigenvalue weighted by molar-refractivity contribution is 5.80. The van der Waals surface area contributed by atoms with Crippen LogP contribution in [0.15, 0.2) is 10.5 Å². The fourth-order valence-electron chi connectivity index (χ4n) is 4.03. The summed E-state index contributed by atoms with van der Waals surface area (Å²) in [5.74, 6) is 2.50. The zero-order valence-electron chi connectivity index (χ0n) is 14.5. The number of carbonyl (C=O) groups excluding carboxylic acids is 1. The number of piperidine rings is 1. The quantitative estimate of drug-likeness (QED) is 0.847. The van der Waals surface area contributed by atoms with Gasteiger partial charge in [-0.05, 0) is 57.2 Å². The van der Waals surface area contributed by atoms with E-state index in [-0.39, 0.29) is 18.1 Å². The number of hydroxylamine groups is 2. The molecule has 0 bridgehead atoms. The number of fused-ring (bicyclic) bond motifs is 1. The molecule has 3 fully saturated rings. The molecule has 1 aromatic rings. The molecule has 3 aliphatic heterocycles. The maximum absolute atomic E-state index is 12.5. The van der Waals surface area contributed by atoms with E-state index in [1.54, 1.807) is 0 Å². The number of furan rings is 1. The molecule has 0 aliphatic carbocycles. The highest BCUT2D eigenvalue weighted by Gasteiger charge is 2.43. The number of aryl methyl sites for hydroxylation is 2. The largest absolute Gasteiger partial charge is 0.465 e. The molecule has 0 N–H and O–H groups in total. The molecule has 0 aromatic carbocycles. The maximum atomic E-state index is 12.5. The lowest BCUT2D eigenvalue weighted by molar-refractivity contribution is -0.180. The van der Waals surface area contributed by atoms with E-state index < -0.39 is 0 Å². The number of amides is 1. The Morgan fingerprint density at radius 2 is 2.21 bits per heavy atom. The van der Waals surface area contributed by atoms with Crippen molar-refractivity contribution in [1.82, 2.24) is 9.96 Å². The van der Waals surface area contributed by atoms with Gasteiger partial charge in [-0.3, -0.25) is 14.5 Å². The van der Waals surface area contributed by atoms with Gasteiger partial charge < -0.3 is 9.15 Å². The molecule has 1 aromatic heterocycles. The summed E-state index contributed by atoms with van der Waals surface area (Å²) in [6, 6.07) is 2.12. The minimum Gasteiger partial charge on any atom is -0.465 e. The van der Waals surface area contributed by atoms with Gasteiger partial charge in [0, 0.05) is 6.54 Å². The van der Waals surface area contributed by atoms with Crippen LogP contribution in [-0.2, 0) is 20.9 Å². The van der Waals surface area contributed by atoms with Gasteiger partial charge in [-0.2, -0.15) is 0 Å². The number of likely N-dealkylation sites (tertiary alicyclic amines) is 1. The van der Waals surface area contributed by atoms with Crippen LogP contribution in [0.1, 0.15) is 36.3 Å². The number of hydrogen-bond donors (Lipinski definition) is 0. The van der Waals surface area contributed by atoms with Crippen molar-refractivity contribution in [3.63, 3.8) is 0 Å². The number of hydrogen-bond acceptors (Lipinski definition) is 5. The molecule has 4 rings (SSSR count).